The van der Waals surface area contributed by atoms with Crippen molar-refractivity contribution in [2.45, 2.75) is 57.9 Å². The van der Waals surface area contributed by atoms with Crippen molar-refractivity contribution in [1.29, 1.82) is 0 Å². The molecule has 5 rings (SSSR count). The van der Waals surface area contributed by atoms with E-state index in [0.717, 1.165) is 42.9 Å². The maximum Gasteiger partial charge on any atom is 0.251 e. The van der Waals surface area contributed by atoms with Gasteiger partial charge >= 0.3 is 0 Å². The molecule has 3 heteroatoms. The van der Waals surface area contributed by atoms with Gasteiger partial charge in [-0.2, -0.15) is 0 Å². The Bertz CT molecular complexity index is 1030. The number of nitrogens with zero attached hydrogens (tertiary/aromatic N) is 1. The Morgan fingerprint density at radius 2 is 1.70 bits per heavy atom. The van der Waals surface area contributed by atoms with Gasteiger partial charge in [0.1, 0.15) is 0 Å². The van der Waals surface area contributed by atoms with E-state index >= 15 is 0 Å². The summed E-state index contributed by atoms with van der Waals surface area (Å²) in [6.45, 7) is 2.35. The van der Waals surface area contributed by atoms with E-state index in [1.54, 1.807) is 0 Å². The van der Waals surface area contributed by atoms with Crippen molar-refractivity contribution in [3.63, 3.8) is 0 Å². The van der Waals surface area contributed by atoms with Crippen LogP contribution in [0.25, 0.3) is 16.9 Å². The lowest BCUT2D eigenvalue weighted by Crippen LogP contribution is -2.32. The molecule has 0 radical (unpaired) electrons. The summed E-state index contributed by atoms with van der Waals surface area (Å²) in [7, 11) is 0. The first-order valence-electron chi connectivity index (χ1n) is 11.4. The lowest BCUT2D eigenvalue weighted by atomic mass is 9.89. The van der Waals surface area contributed by atoms with Crippen LogP contribution in [0.4, 0.5) is 0 Å². The van der Waals surface area contributed by atoms with Gasteiger partial charge in [-0.15, -0.1) is 0 Å². The van der Waals surface area contributed by atoms with Crippen molar-refractivity contribution in [3.05, 3.63) is 77.5 Å². The largest absolute Gasteiger partial charge is 0.349 e. The number of benzene rings is 2. The molecule has 0 bridgehead atoms. The van der Waals surface area contributed by atoms with Crippen LogP contribution in [0.1, 0.15) is 60.6 Å². The lowest BCUT2D eigenvalue weighted by Gasteiger charge is -2.21. The van der Waals surface area contributed by atoms with Gasteiger partial charge in [0.15, 0.2) is 0 Å². The molecule has 0 unspecified atom stereocenters. The number of hydrogen-bond donors (Lipinski definition) is 1. The van der Waals surface area contributed by atoms with Crippen molar-refractivity contribution in [3.8, 4) is 16.9 Å². The summed E-state index contributed by atoms with van der Waals surface area (Å²) in [5.41, 5.74) is 7.27. The Kier molecular flexibility index (Phi) is 5.20. The van der Waals surface area contributed by atoms with E-state index in [9.17, 15) is 4.79 Å². The molecule has 2 aliphatic carbocycles. The molecule has 0 spiro atoms. The van der Waals surface area contributed by atoms with Gasteiger partial charge < -0.3 is 9.88 Å². The molecule has 1 amide bonds. The van der Waals surface area contributed by atoms with Crippen LogP contribution >= 0.6 is 0 Å². The van der Waals surface area contributed by atoms with Crippen LogP contribution < -0.4 is 5.32 Å². The minimum absolute atomic E-state index is 0.0556. The SMILES string of the molecule is C[C@@H]1CCc2c(cc(-c3ccccc3)n2-c2ccc(C(=O)NC3CCCC3)cc2)C1. The Morgan fingerprint density at radius 3 is 2.43 bits per heavy atom. The summed E-state index contributed by atoms with van der Waals surface area (Å²) in [6.07, 6.45) is 8.15. The standard InChI is InChI=1S/C27H30N2O/c1-19-11-16-25-22(17-19)18-26(20-7-3-2-4-8-20)29(25)24-14-12-21(13-15-24)27(30)28-23-9-5-6-10-23/h2-4,7-8,12-15,18-19,23H,5-6,9-11,16-17H2,1H3,(H,28,30)/t19-/m1/s1. The Hall–Kier alpha value is -2.81. The quantitative estimate of drug-likeness (QED) is 0.580. The van der Waals surface area contributed by atoms with E-state index in [2.05, 4.69) is 65.3 Å². The molecule has 2 aliphatic rings. The predicted octanol–water partition coefficient (Wildman–Crippen LogP) is 5.94. The molecule has 0 aliphatic heterocycles. The monoisotopic (exact) mass is 398 g/mol. The second-order valence-corrected chi connectivity index (χ2v) is 9.05. The molecule has 1 N–H and O–H groups in total. The molecular weight excluding hydrogens is 368 g/mol. The Labute approximate surface area is 179 Å². The first kappa shape index (κ1) is 19.2. The van der Waals surface area contributed by atoms with E-state index in [0.29, 0.717) is 6.04 Å². The highest BCUT2D eigenvalue weighted by Crippen LogP contribution is 2.35. The van der Waals surface area contributed by atoms with Crippen LogP contribution in [0, 0.1) is 5.92 Å². The van der Waals surface area contributed by atoms with Crippen molar-refractivity contribution < 1.29 is 4.79 Å². The number of hydrogen-bond acceptors (Lipinski definition) is 1. The van der Waals surface area contributed by atoms with Crippen LogP contribution in [0.15, 0.2) is 60.7 Å². The summed E-state index contributed by atoms with van der Waals surface area (Å²) < 4.78 is 2.41. The van der Waals surface area contributed by atoms with Crippen LogP contribution in [0.2, 0.25) is 0 Å². The third kappa shape index (κ3) is 3.69. The lowest BCUT2D eigenvalue weighted by molar-refractivity contribution is 0.0938. The molecule has 30 heavy (non-hydrogen) atoms. The van der Waals surface area contributed by atoms with Crippen molar-refractivity contribution >= 4 is 5.91 Å². The highest BCUT2D eigenvalue weighted by molar-refractivity contribution is 5.94. The topological polar surface area (TPSA) is 34.0 Å². The molecule has 0 saturated heterocycles. The minimum atomic E-state index is 0.0556. The molecule has 154 valence electrons. The van der Waals surface area contributed by atoms with Crippen molar-refractivity contribution in [2.24, 2.45) is 5.92 Å². The van der Waals surface area contributed by atoms with Crippen LogP contribution in [0.3, 0.4) is 0 Å². The normalized spacial score (nSPS) is 18.9. The van der Waals surface area contributed by atoms with E-state index in [1.165, 1.54) is 41.8 Å². The summed E-state index contributed by atoms with van der Waals surface area (Å²) in [5.74, 6) is 0.790. The van der Waals surface area contributed by atoms with Gasteiger partial charge in [0.25, 0.3) is 5.91 Å². The average Bonchev–Trinajstić information content (AvgIpc) is 3.42. The third-order valence-corrected chi connectivity index (χ3v) is 6.78. The van der Waals surface area contributed by atoms with E-state index < -0.39 is 0 Å². The van der Waals surface area contributed by atoms with Gasteiger partial charge in [0, 0.05) is 23.0 Å². The first-order valence-corrected chi connectivity index (χ1v) is 11.4. The average molecular weight is 399 g/mol. The molecule has 1 fully saturated rings. The summed E-state index contributed by atoms with van der Waals surface area (Å²) in [4.78, 5) is 12.6. The highest BCUT2D eigenvalue weighted by Gasteiger charge is 2.23. The maximum atomic E-state index is 12.6. The minimum Gasteiger partial charge on any atom is -0.349 e. The van der Waals surface area contributed by atoms with Gasteiger partial charge in [0.2, 0.25) is 0 Å². The molecule has 1 atom stereocenters. The number of carbonyl (C=O) groups excluding carboxylic acids is 1. The summed E-state index contributed by atoms with van der Waals surface area (Å²) in [6, 6.07) is 21.5. The molecule has 2 aromatic carbocycles. The number of fused-ring (bicyclic) bond motifs is 1. The second kappa shape index (κ2) is 8.14. The fourth-order valence-corrected chi connectivity index (χ4v) is 5.13. The molecule has 1 saturated carbocycles. The predicted molar refractivity (Wildman–Crippen MR) is 122 cm³/mol. The number of rotatable bonds is 4. The molecule has 3 aromatic rings. The van der Waals surface area contributed by atoms with Gasteiger partial charge in [-0.05, 0) is 79.5 Å². The van der Waals surface area contributed by atoms with Crippen LogP contribution in [0.5, 0.6) is 0 Å². The highest BCUT2D eigenvalue weighted by atomic mass is 16.1. The third-order valence-electron chi connectivity index (χ3n) is 6.78. The number of nitrogens with one attached hydrogen (secondary N) is 1. The van der Waals surface area contributed by atoms with Crippen LogP contribution in [-0.4, -0.2) is 16.5 Å². The van der Waals surface area contributed by atoms with Crippen molar-refractivity contribution in [1.82, 2.24) is 9.88 Å². The molecular formula is C27H30N2O. The zero-order valence-corrected chi connectivity index (χ0v) is 17.7. The smallest absolute Gasteiger partial charge is 0.251 e. The fraction of sp³-hybridized carbons (Fsp3) is 0.370. The number of carbonyl (C=O) groups is 1. The molecule has 1 aromatic heterocycles. The van der Waals surface area contributed by atoms with E-state index in [-0.39, 0.29) is 5.91 Å². The fourth-order valence-electron chi connectivity index (χ4n) is 5.13. The molecule has 1 heterocycles. The summed E-state index contributed by atoms with van der Waals surface area (Å²) >= 11 is 0. The first-order chi connectivity index (χ1) is 14.7. The summed E-state index contributed by atoms with van der Waals surface area (Å²) in [5, 5.41) is 3.20. The zero-order valence-electron chi connectivity index (χ0n) is 17.7. The maximum absolute atomic E-state index is 12.6. The second-order valence-electron chi connectivity index (χ2n) is 9.05. The number of aromatic nitrogens is 1. The van der Waals surface area contributed by atoms with Gasteiger partial charge in [-0.3, -0.25) is 4.79 Å². The molecule has 3 nitrogen and oxygen atoms in total. The van der Waals surface area contributed by atoms with Crippen LogP contribution in [-0.2, 0) is 12.8 Å². The van der Waals surface area contributed by atoms with Crippen molar-refractivity contribution in [2.75, 3.05) is 0 Å². The van der Waals surface area contributed by atoms with Gasteiger partial charge in [0.05, 0.1) is 5.69 Å². The Balaban J connectivity index is 1.49. The van der Waals surface area contributed by atoms with E-state index in [4.69, 9.17) is 0 Å². The Morgan fingerprint density at radius 1 is 0.967 bits per heavy atom. The van der Waals surface area contributed by atoms with Gasteiger partial charge in [-0.25, -0.2) is 0 Å². The van der Waals surface area contributed by atoms with Gasteiger partial charge in [-0.1, -0.05) is 50.1 Å². The zero-order chi connectivity index (χ0) is 20.5. The van der Waals surface area contributed by atoms with E-state index in [1.807, 2.05) is 12.1 Å². The number of amides is 1.